The van der Waals surface area contributed by atoms with Gasteiger partial charge in [0.2, 0.25) is 0 Å². The molecule has 0 amide bonds. The van der Waals surface area contributed by atoms with Gasteiger partial charge in [-0.3, -0.25) is 0 Å². The van der Waals surface area contributed by atoms with E-state index in [9.17, 15) is 0 Å². The average Bonchev–Trinajstić information content (AvgIpc) is 2.00. The maximum Gasteiger partial charge on any atom is 0.0456 e. The molecule has 0 fully saturated rings. The van der Waals surface area contributed by atoms with Crippen LogP contribution in [0.4, 0.5) is 0 Å². The van der Waals surface area contributed by atoms with Gasteiger partial charge in [-0.15, -0.1) is 0 Å². The Labute approximate surface area is 70.8 Å². The van der Waals surface area contributed by atoms with Gasteiger partial charge in [-0.2, -0.15) is 0 Å². The van der Waals surface area contributed by atoms with Crippen molar-refractivity contribution in [2.75, 3.05) is 6.61 Å². The highest BCUT2D eigenvalue weighted by Gasteiger charge is 2.06. The molecule has 0 aromatic heterocycles. The van der Waals surface area contributed by atoms with Crippen LogP contribution in [-0.2, 0) is 0 Å². The van der Waals surface area contributed by atoms with Crippen molar-refractivity contribution in [2.24, 2.45) is 11.8 Å². The molecule has 0 aromatic carbocycles. The highest BCUT2D eigenvalue weighted by atomic mass is 16.3. The van der Waals surface area contributed by atoms with E-state index >= 15 is 0 Å². The zero-order valence-corrected chi connectivity index (χ0v) is 8.14. The van der Waals surface area contributed by atoms with Crippen LogP contribution < -0.4 is 0 Å². The van der Waals surface area contributed by atoms with Crippen LogP contribution in [-0.4, -0.2) is 11.7 Å². The second-order valence-electron chi connectivity index (χ2n) is 3.77. The summed E-state index contributed by atoms with van der Waals surface area (Å²) < 4.78 is 0. The van der Waals surface area contributed by atoms with Gasteiger partial charge in [0.05, 0.1) is 0 Å². The van der Waals surface area contributed by atoms with E-state index in [4.69, 9.17) is 5.11 Å². The third-order valence-corrected chi connectivity index (χ3v) is 2.17. The summed E-state index contributed by atoms with van der Waals surface area (Å²) in [6.07, 6.45) is 5.12. The van der Waals surface area contributed by atoms with Crippen molar-refractivity contribution in [2.45, 2.75) is 46.5 Å². The van der Waals surface area contributed by atoms with Crippen molar-refractivity contribution in [3.8, 4) is 0 Å². The minimum absolute atomic E-state index is 0.344. The minimum atomic E-state index is 0.344. The van der Waals surface area contributed by atoms with Crippen molar-refractivity contribution < 1.29 is 5.11 Å². The minimum Gasteiger partial charge on any atom is -0.396 e. The van der Waals surface area contributed by atoms with Gasteiger partial charge >= 0.3 is 0 Å². The number of hydrogen-bond acceptors (Lipinski definition) is 1. The van der Waals surface area contributed by atoms with Crippen molar-refractivity contribution in [3.63, 3.8) is 0 Å². The van der Waals surface area contributed by atoms with E-state index in [2.05, 4.69) is 20.8 Å². The molecule has 0 heterocycles. The van der Waals surface area contributed by atoms with Crippen molar-refractivity contribution in [1.29, 1.82) is 0 Å². The van der Waals surface area contributed by atoms with Gasteiger partial charge in [0, 0.05) is 6.61 Å². The van der Waals surface area contributed by atoms with E-state index < -0.39 is 0 Å². The van der Waals surface area contributed by atoms with E-state index in [-0.39, 0.29) is 0 Å². The quantitative estimate of drug-likeness (QED) is 0.630. The maximum atomic E-state index is 8.81. The largest absolute Gasteiger partial charge is 0.396 e. The van der Waals surface area contributed by atoms with Gasteiger partial charge in [0.15, 0.2) is 0 Å². The van der Waals surface area contributed by atoms with E-state index in [1.165, 1.54) is 25.7 Å². The molecule has 11 heavy (non-hydrogen) atoms. The number of unbranched alkanes of at least 4 members (excludes halogenated alkanes) is 1. The summed E-state index contributed by atoms with van der Waals surface area (Å²) in [5.41, 5.74) is 0. The summed E-state index contributed by atoms with van der Waals surface area (Å²) in [6, 6.07) is 0. The van der Waals surface area contributed by atoms with Crippen LogP contribution in [0.25, 0.3) is 0 Å². The number of rotatable bonds is 6. The molecule has 0 aliphatic rings. The molecule has 0 rings (SSSR count). The zero-order valence-electron chi connectivity index (χ0n) is 8.14. The van der Waals surface area contributed by atoms with Crippen LogP contribution in [0.2, 0.25) is 0 Å². The predicted molar refractivity (Wildman–Crippen MR) is 49.6 cm³/mol. The Bertz CT molecular complexity index is 80.9. The Hall–Kier alpha value is -0.0400. The second kappa shape index (κ2) is 6.66. The molecule has 0 aromatic rings. The molecule has 2 unspecified atom stereocenters. The molecule has 0 aliphatic carbocycles. The number of aliphatic hydroxyl groups excluding tert-OH is 1. The molecule has 2 atom stereocenters. The second-order valence-corrected chi connectivity index (χ2v) is 3.77. The maximum absolute atomic E-state index is 8.81. The third-order valence-electron chi connectivity index (χ3n) is 2.17. The van der Waals surface area contributed by atoms with E-state index in [0.29, 0.717) is 12.5 Å². The molecular formula is C10H22O. The Morgan fingerprint density at radius 1 is 1.18 bits per heavy atom. The Morgan fingerprint density at radius 3 is 2.27 bits per heavy atom. The molecule has 0 bridgehead atoms. The average molecular weight is 158 g/mol. The fourth-order valence-electron chi connectivity index (χ4n) is 1.43. The van der Waals surface area contributed by atoms with Crippen LogP contribution in [0.1, 0.15) is 46.5 Å². The first kappa shape index (κ1) is 11.0. The SMILES string of the molecule is CCCCC(C)CC(C)CO. The fraction of sp³-hybridized carbons (Fsp3) is 1.00. The molecule has 0 spiro atoms. The normalized spacial score (nSPS) is 16.4. The van der Waals surface area contributed by atoms with Crippen LogP contribution >= 0.6 is 0 Å². The van der Waals surface area contributed by atoms with E-state index in [1.54, 1.807) is 0 Å². The Kier molecular flexibility index (Phi) is 6.63. The van der Waals surface area contributed by atoms with Crippen LogP contribution in [0, 0.1) is 11.8 Å². The molecule has 68 valence electrons. The molecule has 0 aliphatic heterocycles. The molecule has 0 saturated carbocycles. The molecule has 1 heteroatoms. The molecule has 1 nitrogen and oxygen atoms in total. The first-order chi connectivity index (χ1) is 5.20. The lowest BCUT2D eigenvalue weighted by Crippen LogP contribution is -2.06. The van der Waals surface area contributed by atoms with E-state index in [1.807, 2.05) is 0 Å². The standard InChI is InChI=1S/C10H22O/c1-4-5-6-9(2)7-10(3)8-11/h9-11H,4-8H2,1-3H3. The summed E-state index contributed by atoms with van der Waals surface area (Å²) in [5.74, 6) is 1.28. The van der Waals surface area contributed by atoms with Crippen molar-refractivity contribution in [1.82, 2.24) is 0 Å². The zero-order chi connectivity index (χ0) is 8.69. The lowest BCUT2D eigenvalue weighted by atomic mass is 9.94. The first-order valence-electron chi connectivity index (χ1n) is 4.81. The Balaban J connectivity index is 3.27. The topological polar surface area (TPSA) is 20.2 Å². The first-order valence-corrected chi connectivity index (χ1v) is 4.81. The van der Waals surface area contributed by atoms with Crippen LogP contribution in [0.5, 0.6) is 0 Å². The summed E-state index contributed by atoms with van der Waals surface area (Å²) >= 11 is 0. The molecule has 0 saturated heterocycles. The molecule has 0 radical (unpaired) electrons. The summed E-state index contributed by atoms with van der Waals surface area (Å²) in [6.45, 7) is 6.96. The Morgan fingerprint density at radius 2 is 1.82 bits per heavy atom. The fourth-order valence-corrected chi connectivity index (χ4v) is 1.43. The van der Waals surface area contributed by atoms with E-state index in [0.717, 1.165) is 5.92 Å². The van der Waals surface area contributed by atoms with Crippen LogP contribution in [0.15, 0.2) is 0 Å². The molecular weight excluding hydrogens is 136 g/mol. The summed E-state index contributed by atoms with van der Waals surface area (Å²) in [5, 5.41) is 8.81. The van der Waals surface area contributed by atoms with Gasteiger partial charge in [0.25, 0.3) is 0 Å². The van der Waals surface area contributed by atoms with Gasteiger partial charge in [-0.25, -0.2) is 0 Å². The lowest BCUT2D eigenvalue weighted by molar-refractivity contribution is 0.212. The summed E-state index contributed by atoms with van der Waals surface area (Å²) in [4.78, 5) is 0. The van der Waals surface area contributed by atoms with Gasteiger partial charge in [0.1, 0.15) is 0 Å². The van der Waals surface area contributed by atoms with Crippen LogP contribution in [0.3, 0.4) is 0 Å². The van der Waals surface area contributed by atoms with Crippen molar-refractivity contribution in [3.05, 3.63) is 0 Å². The smallest absolute Gasteiger partial charge is 0.0456 e. The van der Waals surface area contributed by atoms with Gasteiger partial charge in [-0.05, 0) is 18.3 Å². The highest BCUT2D eigenvalue weighted by molar-refractivity contribution is 4.58. The predicted octanol–water partition coefficient (Wildman–Crippen LogP) is 2.83. The highest BCUT2D eigenvalue weighted by Crippen LogP contribution is 2.16. The molecule has 1 N–H and O–H groups in total. The monoisotopic (exact) mass is 158 g/mol. The third kappa shape index (κ3) is 6.36. The number of aliphatic hydroxyl groups is 1. The van der Waals surface area contributed by atoms with Gasteiger partial charge < -0.3 is 5.11 Å². The lowest BCUT2D eigenvalue weighted by Gasteiger charge is -2.14. The number of hydrogen-bond donors (Lipinski definition) is 1. The van der Waals surface area contributed by atoms with Gasteiger partial charge in [-0.1, -0.05) is 40.0 Å². The van der Waals surface area contributed by atoms with Crippen molar-refractivity contribution >= 4 is 0 Å². The summed E-state index contributed by atoms with van der Waals surface area (Å²) in [7, 11) is 0.